The second-order valence-electron chi connectivity index (χ2n) is 6.86. The Kier molecular flexibility index (Phi) is 5.80. The van der Waals surface area contributed by atoms with Crippen molar-refractivity contribution in [2.24, 2.45) is 0 Å². The van der Waals surface area contributed by atoms with Gasteiger partial charge in [0.25, 0.3) is 5.91 Å². The summed E-state index contributed by atoms with van der Waals surface area (Å²) >= 11 is 0. The molecule has 0 atom stereocenters. The lowest BCUT2D eigenvalue weighted by Crippen LogP contribution is -2.12. The largest absolute Gasteiger partial charge is 0.497 e. The molecule has 1 N–H and O–H groups in total. The summed E-state index contributed by atoms with van der Waals surface area (Å²) in [6.07, 6.45) is 0. The van der Waals surface area contributed by atoms with Crippen LogP contribution >= 0.6 is 0 Å². The number of fused-ring (bicyclic) bond motifs is 1. The minimum Gasteiger partial charge on any atom is -0.497 e. The molecular weight excluding hydrogens is 395 g/mol. The Bertz CT molecular complexity index is 1240. The van der Waals surface area contributed by atoms with Crippen LogP contribution in [0.4, 0.5) is 10.1 Å². The Labute approximate surface area is 179 Å². The molecule has 0 aliphatic heterocycles. The summed E-state index contributed by atoms with van der Waals surface area (Å²) in [5, 5.41) is 3.60. The summed E-state index contributed by atoms with van der Waals surface area (Å²) in [6, 6.07) is 20.4. The molecule has 0 spiro atoms. The van der Waals surface area contributed by atoms with Crippen molar-refractivity contribution >= 4 is 22.5 Å². The van der Waals surface area contributed by atoms with Gasteiger partial charge in [-0.1, -0.05) is 6.07 Å². The van der Waals surface area contributed by atoms with E-state index < -0.39 is 0 Å². The molecule has 31 heavy (non-hydrogen) atoms. The fraction of sp³-hybridized carbons (Fsp3) is 0.120. The van der Waals surface area contributed by atoms with Crippen molar-refractivity contribution in [1.29, 1.82) is 0 Å². The van der Waals surface area contributed by atoms with E-state index in [9.17, 15) is 9.18 Å². The summed E-state index contributed by atoms with van der Waals surface area (Å²) in [6.45, 7) is 2.35. The molecule has 0 saturated carbocycles. The number of anilines is 1. The molecule has 156 valence electrons. The lowest BCUT2D eigenvalue weighted by Gasteiger charge is -2.12. The monoisotopic (exact) mass is 416 g/mol. The Morgan fingerprint density at radius 2 is 1.84 bits per heavy atom. The van der Waals surface area contributed by atoms with Crippen LogP contribution in [0, 0.1) is 5.82 Å². The van der Waals surface area contributed by atoms with Gasteiger partial charge < -0.3 is 14.8 Å². The number of ether oxygens (including phenoxy) is 2. The molecule has 0 unspecified atom stereocenters. The zero-order valence-electron chi connectivity index (χ0n) is 17.2. The Morgan fingerprint density at radius 1 is 1.03 bits per heavy atom. The fourth-order valence-electron chi connectivity index (χ4n) is 3.28. The van der Waals surface area contributed by atoms with Crippen LogP contribution in [0.3, 0.4) is 0 Å². The number of carbonyl (C=O) groups is 1. The van der Waals surface area contributed by atoms with Crippen LogP contribution in [0.5, 0.6) is 11.5 Å². The second kappa shape index (κ2) is 8.83. The average molecular weight is 416 g/mol. The third-order valence-electron chi connectivity index (χ3n) is 4.80. The van der Waals surface area contributed by atoms with Crippen molar-refractivity contribution in [2.75, 3.05) is 19.0 Å². The lowest BCUT2D eigenvalue weighted by molar-refractivity contribution is 0.102. The van der Waals surface area contributed by atoms with Crippen LogP contribution in [-0.4, -0.2) is 24.6 Å². The predicted octanol–water partition coefficient (Wildman–Crippen LogP) is 5.70. The number of halogens is 1. The molecule has 0 aliphatic carbocycles. The molecule has 0 bridgehead atoms. The van der Waals surface area contributed by atoms with Gasteiger partial charge in [0.15, 0.2) is 0 Å². The van der Waals surface area contributed by atoms with Crippen molar-refractivity contribution < 1.29 is 18.7 Å². The van der Waals surface area contributed by atoms with E-state index in [1.165, 1.54) is 12.1 Å². The molecule has 6 heteroatoms. The molecule has 0 aliphatic rings. The van der Waals surface area contributed by atoms with E-state index in [0.29, 0.717) is 40.6 Å². The van der Waals surface area contributed by atoms with Gasteiger partial charge in [-0.15, -0.1) is 0 Å². The highest BCUT2D eigenvalue weighted by atomic mass is 19.1. The third kappa shape index (κ3) is 4.48. The number of carbonyl (C=O) groups excluding carboxylic acids is 1. The second-order valence-corrected chi connectivity index (χ2v) is 6.86. The van der Waals surface area contributed by atoms with E-state index in [1.807, 2.05) is 25.1 Å². The molecule has 5 nitrogen and oxygen atoms in total. The van der Waals surface area contributed by atoms with Crippen LogP contribution in [-0.2, 0) is 0 Å². The molecule has 3 aromatic carbocycles. The number of pyridine rings is 1. The third-order valence-corrected chi connectivity index (χ3v) is 4.80. The number of nitrogens with one attached hydrogen (secondary N) is 1. The van der Waals surface area contributed by atoms with Gasteiger partial charge in [-0.25, -0.2) is 9.37 Å². The minimum absolute atomic E-state index is 0.250. The van der Waals surface area contributed by atoms with Gasteiger partial charge in [-0.3, -0.25) is 4.79 Å². The zero-order valence-corrected chi connectivity index (χ0v) is 17.2. The fourth-order valence-corrected chi connectivity index (χ4v) is 3.28. The van der Waals surface area contributed by atoms with E-state index in [4.69, 9.17) is 9.47 Å². The maximum absolute atomic E-state index is 13.3. The highest BCUT2D eigenvalue weighted by Crippen LogP contribution is 2.31. The van der Waals surface area contributed by atoms with Crippen molar-refractivity contribution in [3.63, 3.8) is 0 Å². The molecule has 1 amide bonds. The maximum Gasteiger partial charge on any atom is 0.255 e. The standard InChI is InChI=1S/C25H21FN2O3/c1-3-31-24-15-23(16-7-10-18(26)11-8-16)28-22-12-9-17(13-21(22)24)25(29)27-19-5-4-6-20(14-19)30-2/h4-15H,3H2,1-2H3,(H,27,29). The van der Waals surface area contributed by atoms with E-state index in [1.54, 1.807) is 49.6 Å². The van der Waals surface area contributed by atoms with Gasteiger partial charge in [0, 0.05) is 34.3 Å². The van der Waals surface area contributed by atoms with Crippen molar-refractivity contribution in [3.05, 3.63) is 84.2 Å². The Hall–Kier alpha value is -3.93. The number of nitrogens with zero attached hydrogens (tertiary/aromatic N) is 1. The van der Waals surface area contributed by atoms with Crippen molar-refractivity contribution in [3.8, 4) is 22.8 Å². The van der Waals surface area contributed by atoms with Gasteiger partial charge in [-0.05, 0) is 61.5 Å². The van der Waals surface area contributed by atoms with E-state index in [0.717, 1.165) is 10.9 Å². The van der Waals surface area contributed by atoms with Gasteiger partial charge >= 0.3 is 0 Å². The van der Waals surface area contributed by atoms with Crippen LogP contribution < -0.4 is 14.8 Å². The van der Waals surface area contributed by atoms with Gasteiger partial charge in [0.05, 0.1) is 24.9 Å². The van der Waals surface area contributed by atoms with Crippen LogP contribution in [0.15, 0.2) is 72.8 Å². The van der Waals surface area contributed by atoms with Crippen molar-refractivity contribution in [1.82, 2.24) is 4.98 Å². The molecular formula is C25H21FN2O3. The minimum atomic E-state index is -0.304. The first-order valence-corrected chi connectivity index (χ1v) is 9.86. The smallest absolute Gasteiger partial charge is 0.255 e. The number of rotatable bonds is 6. The summed E-state index contributed by atoms with van der Waals surface area (Å²) in [4.78, 5) is 17.5. The number of hydrogen-bond donors (Lipinski definition) is 1. The summed E-state index contributed by atoms with van der Waals surface area (Å²) in [5.74, 6) is 0.719. The van der Waals surface area contributed by atoms with E-state index in [-0.39, 0.29) is 11.7 Å². The molecule has 4 rings (SSSR count). The number of aromatic nitrogens is 1. The van der Waals surface area contributed by atoms with Crippen molar-refractivity contribution in [2.45, 2.75) is 6.92 Å². The first-order chi connectivity index (χ1) is 15.1. The number of amides is 1. The summed E-state index contributed by atoms with van der Waals surface area (Å²) < 4.78 is 24.3. The van der Waals surface area contributed by atoms with Crippen LogP contribution in [0.1, 0.15) is 17.3 Å². The summed E-state index contributed by atoms with van der Waals surface area (Å²) in [7, 11) is 1.58. The first kappa shape index (κ1) is 20.3. The SMILES string of the molecule is CCOc1cc(-c2ccc(F)cc2)nc2ccc(C(=O)Nc3cccc(OC)c3)cc12. The quantitative estimate of drug-likeness (QED) is 0.438. The number of hydrogen-bond acceptors (Lipinski definition) is 4. The number of methoxy groups -OCH3 is 1. The molecule has 0 radical (unpaired) electrons. The van der Waals surface area contributed by atoms with E-state index in [2.05, 4.69) is 10.3 Å². The predicted molar refractivity (Wildman–Crippen MR) is 119 cm³/mol. The maximum atomic E-state index is 13.3. The molecule has 0 fully saturated rings. The topological polar surface area (TPSA) is 60.5 Å². The number of benzene rings is 3. The van der Waals surface area contributed by atoms with Crippen LogP contribution in [0.2, 0.25) is 0 Å². The Balaban J connectivity index is 1.70. The van der Waals surface area contributed by atoms with Gasteiger partial charge in [-0.2, -0.15) is 0 Å². The molecule has 4 aromatic rings. The molecule has 0 saturated heterocycles. The zero-order chi connectivity index (χ0) is 21.8. The highest BCUT2D eigenvalue weighted by Gasteiger charge is 2.13. The molecule has 1 aromatic heterocycles. The lowest BCUT2D eigenvalue weighted by atomic mass is 10.1. The van der Waals surface area contributed by atoms with Gasteiger partial charge in [0.1, 0.15) is 17.3 Å². The Morgan fingerprint density at radius 3 is 2.58 bits per heavy atom. The molecule has 1 heterocycles. The normalized spacial score (nSPS) is 10.7. The first-order valence-electron chi connectivity index (χ1n) is 9.86. The average Bonchev–Trinajstić information content (AvgIpc) is 2.79. The van der Waals surface area contributed by atoms with E-state index >= 15 is 0 Å². The summed E-state index contributed by atoms with van der Waals surface area (Å²) in [5.41, 5.74) is 3.25. The highest BCUT2D eigenvalue weighted by molar-refractivity contribution is 6.07. The van der Waals surface area contributed by atoms with Gasteiger partial charge in [0.2, 0.25) is 0 Å². The van der Waals surface area contributed by atoms with Crippen LogP contribution in [0.25, 0.3) is 22.2 Å².